The van der Waals surface area contributed by atoms with Crippen LogP contribution in [0.4, 0.5) is 0 Å². The van der Waals surface area contributed by atoms with Crippen LogP contribution in [0.2, 0.25) is 0 Å². The van der Waals surface area contributed by atoms with Gasteiger partial charge in [-0.25, -0.2) is 9.13 Å². The van der Waals surface area contributed by atoms with Gasteiger partial charge >= 0.3 is 0 Å². The van der Waals surface area contributed by atoms with Crippen LogP contribution in [0.3, 0.4) is 0 Å². The Labute approximate surface area is 371 Å². The molecule has 3 nitrogen and oxygen atoms in total. The third kappa shape index (κ3) is 6.28. The molecular formula is C58H59N3S+2. The van der Waals surface area contributed by atoms with Crippen molar-refractivity contribution in [1.29, 1.82) is 0 Å². The van der Waals surface area contributed by atoms with Gasteiger partial charge in [-0.05, 0) is 84.0 Å². The van der Waals surface area contributed by atoms with Gasteiger partial charge in [0.05, 0.1) is 15.8 Å². The van der Waals surface area contributed by atoms with Crippen molar-refractivity contribution in [2.45, 2.75) is 97.4 Å². The summed E-state index contributed by atoms with van der Waals surface area (Å²) in [6.45, 7) is 14.4. The third-order valence-electron chi connectivity index (χ3n) is 14.2. The van der Waals surface area contributed by atoms with Crippen molar-refractivity contribution >= 4 is 65.0 Å². The molecule has 6 aromatic carbocycles. The Hall–Kier alpha value is -5.84. The lowest BCUT2D eigenvalue weighted by atomic mass is 9.77. The van der Waals surface area contributed by atoms with Gasteiger partial charge in [0, 0.05) is 43.6 Å². The van der Waals surface area contributed by atoms with Crippen molar-refractivity contribution < 1.29 is 9.13 Å². The molecule has 62 heavy (non-hydrogen) atoms. The second kappa shape index (κ2) is 16.1. The molecule has 10 rings (SSSR count). The number of allylic oxidation sites excluding steroid dienone is 1. The fourth-order valence-electron chi connectivity index (χ4n) is 10.9. The minimum absolute atomic E-state index is 0.352. The van der Waals surface area contributed by atoms with Crippen LogP contribution in [0.5, 0.6) is 0 Å². The first-order valence-corrected chi connectivity index (χ1v) is 23.9. The number of imidazole rings is 1. The Kier molecular flexibility index (Phi) is 10.5. The number of aromatic nitrogens is 3. The fourth-order valence-corrected chi connectivity index (χ4v) is 12.2. The predicted molar refractivity (Wildman–Crippen MR) is 265 cm³/mol. The zero-order valence-corrected chi connectivity index (χ0v) is 38.3. The fraction of sp³-hybridized carbons (Fsp3) is 0.276. The van der Waals surface area contributed by atoms with Crippen LogP contribution >= 0.6 is 11.3 Å². The van der Waals surface area contributed by atoms with Gasteiger partial charge in [-0.15, -0.1) is 11.3 Å². The highest BCUT2D eigenvalue weighted by molar-refractivity contribution is 7.26. The molecule has 9 aromatic rings. The number of rotatable bonds is 11. The summed E-state index contributed by atoms with van der Waals surface area (Å²) >= 11 is 1.94. The molecule has 1 aliphatic heterocycles. The maximum atomic E-state index is 2.79. The Bertz CT molecular complexity index is 3190. The molecule has 0 saturated heterocycles. The number of hydrogen-bond acceptors (Lipinski definition) is 1. The summed E-state index contributed by atoms with van der Waals surface area (Å²) in [5.41, 5.74) is 14.1. The number of aryl methyl sites for hydroxylation is 1. The summed E-state index contributed by atoms with van der Waals surface area (Å²) < 4.78 is 10.5. The molecule has 0 N–H and O–H groups in total. The SMILES string of the molecule is CCCCCC(C)c1cccc(C(C)C)c1-n1c2[n+](c3ccccc31)C(CC)(CC)C(c1ccc3c(sc4ccccc43)c1-c1cc3ccccc3c[n+]1C)=Cc1ccccc1-2. The van der Waals surface area contributed by atoms with E-state index in [2.05, 4.69) is 208 Å². The molecule has 1 aliphatic rings. The molecule has 1 atom stereocenters. The molecule has 0 fully saturated rings. The summed E-state index contributed by atoms with van der Waals surface area (Å²) in [5.74, 6) is 2.05. The normalized spacial score (nSPS) is 14.1. The number of para-hydroxylation sites is 3. The topological polar surface area (TPSA) is 12.7 Å². The maximum Gasteiger partial charge on any atom is 0.296 e. The van der Waals surface area contributed by atoms with Crippen LogP contribution < -0.4 is 9.13 Å². The van der Waals surface area contributed by atoms with Gasteiger partial charge in [-0.3, -0.25) is 0 Å². The van der Waals surface area contributed by atoms with E-state index < -0.39 is 5.54 Å². The summed E-state index contributed by atoms with van der Waals surface area (Å²) in [5, 5.41) is 5.15. The Morgan fingerprint density at radius 3 is 2.21 bits per heavy atom. The van der Waals surface area contributed by atoms with Gasteiger partial charge in [0.2, 0.25) is 5.69 Å². The Balaban J connectivity index is 1.34. The second-order valence-electron chi connectivity index (χ2n) is 18.1. The van der Waals surface area contributed by atoms with Crippen LogP contribution in [0.1, 0.15) is 114 Å². The van der Waals surface area contributed by atoms with Gasteiger partial charge < -0.3 is 0 Å². The van der Waals surface area contributed by atoms with Crippen molar-refractivity contribution in [3.05, 3.63) is 162 Å². The predicted octanol–water partition coefficient (Wildman–Crippen LogP) is 15.5. The molecule has 4 heteroatoms. The van der Waals surface area contributed by atoms with Gasteiger partial charge in [0.25, 0.3) is 5.82 Å². The lowest BCUT2D eigenvalue weighted by molar-refractivity contribution is -0.716. The molecule has 0 spiro atoms. The summed E-state index contributed by atoms with van der Waals surface area (Å²) in [6, 6.07) is 50.7. The highest BCUT2D eigenvalue weighted by atomic mass is 32.1. The number of benzene rings is 6. The molecule has 3 aromatic heterocycles. The largest absolute Gasteiger partial charge is 0.296 e. The van der Waals surface area contributed by atoms with E-state index in [1.807, 2.05) is 11.3 Å². The lowest BCUT2D eigenvalue weighted by Gasteiger charge is -2.33. The number of pyridine rings is 1. The quantitative estimate of drug-likeness (QED) is 0.0910. The van der Waals surface area contributed by atoms with E-state index in [9.17, 15) is 0 Å². The first kappa shape index (κ1) is 40.2. The first-order valence-electron chi connectivity index (χ1n) is 23.1. The van der Waals surface area contributed by atoms with Crippen molar-refractivity contribution in [3.8, 4) is 28.3 Å². The smallest absolute Gasteiger partial charge is 0.213 e. The van der Waals surface area contributed by atoms with Crippen LogP contribution in [0.25, 0.3) is 82.0 Å². The van der Waals surface area contributed by atoms with E-state index in [1.165, 1.54) is 124 Å². The summed E-state index contributed by atoms with van der Waals surface area (Å²) in [4.78, 5) is 0. The standard InChI is InChI=1S/C58H59N3S/c1-8-11-12-22-39(6)44-29-21-28-43(38(4)5)55(44)60-50-30-18-19-31-51(50)61-57(60)45-26-16-15-24-41(45)35-49(58(61,9-2)10-3)48-34-33-47-46-27-17-20-32-53(46)62-56(47)54(48)52-36-40-23-13-14-25-42(40)37-59(52)7/h13-21,23-39H,8-12,22H2,1-7H3/q+2. The number of thiophene rings is 1. The Morgan fingerprint density at radius 2 is 1.40 bits per heavy atom. The number of unbranched alkanes of at least 4 members (excludes halogenated alkanes) is 2. The summed E-state index contributed by atoms with van der Waals surface area (Å²) in [6.07, 6.45) is 11.7. The lowest BCUT2D eigenvalue weighted by Crippen LogP contribution is -2.57. The molecule has 0 amide bonds. The van der Waals surface area contributed by atoms with Gasteiger partial charge in [0.1, 0.15) is 18.3 Å². The van der Waals surface area contributed by atoms with Gasteiger partial charge in [-0.2, -0.15) is 4.57 Å². The Morgan fingerprint density at radius 1 is 0.677 bits per heavy atom. The van der Waals surface area contributed by atoms with Crippen LogP contribution in [-0.2, 0) is 12.6 Å². The van der Waals surface area contributed by atoms with Gasteiger partial charge in [-0.1, -0.05) is 158 Å². The van der Waals surface area contributed by atoms with Crippen molar-refractivity contribution in [3.63, 3.8) is 0 Å². The van der Waals surface area contributed by atoms with E-state index in [1.54, 1.807) is 0 Å². The van der Waals surface area contributed by atoms with Crippen molar-refractivity contribution in [1.82, 2.24) is 4.57 Å². The van der Waals surface area contributed by atoms with E-state index in [0.29, 0.717) is 11.8 Å². The molecule has 0 bridgehead atoms. The van der Waals surface area contributed by atoms with E-state index >= 15 is 0 Å². The molecule has 0 radical (unpaired) electrons. The zero-order valence-electron chi connectivity index (χ0n) is 37.5. The van der Waals surface area contributed by atoms with E-state index in [0.717, 1.165) is 12.8 Å². The third-order valence-corrected chi connectivity index (χ3v) is 15.4. The number of fused-ring (bicyclic) bond motifs is 9. The molecular weight excluding hydrogens is 771 g/mol. The molecule has 0 saturated carbocycles. The highest BCUT2D eigenvalue weighted by Gasteiger charge is 2.48. The van der Waals surface area contributed by atoms with Crippen LogP contribution in [-0.4, -0.2) is 4.57 Å². The molecule has 4 heterocycles. The average Bonchev–Trinajstić information content (AvgIpc) is 3.81. The van der Waals surface area contributed by atoms with Crippen molar-refractivity contribution in [2.24, 2.45) is 7.05 Å². The molecule has 0 aliphatic carbocycles. The molecule has 310 valence electrons. The maximum absolute atomic E-state index is 2.79. The second-order valence-corrected chi connectivity index (χ2v) is 19.1. The summed E-state index contributed by atoms with van der Waals surface area (Å²) in [7, 11) is 2.23. The molecule has 1 unspecified atom stereocenters. The minimum atomic E-state index is -0.395. The number of hydrogen-bond donors (Lipinski definition) is 0. The number of nitrogens with zero attached hydrogens (tertiary/aromatic N) is 3. The average molecular weight is 830 g/mol. The van der Waals surface area contributed by atoms with Crippen LogP contribution in [0, 0.1) is 0 Å². The van der Waals surface area contributed by atoms with Crippen LogP contribution in [0.15, 0.2) is 140 Å². The van der Waals surface area contributed by atoms with Crippen molar-refractivity contribution in [2.75, 3.05) is 0 Å². The monoisotopic (exact) mass is 829 g/mol. The van der Waals surface area contributed by atoms with E-state index in [4.69, 9.17) is 0 Å². The van der Waals surface area contributed by atoms with Gasteiger partial charge in [0.15, 0.2) is 17.2 Å². The first-order chi connectivity index (χ1) is 30.3. The zero-order chi connectivity index (χ0) is 42.7. The minimum Gasteiger partial charge on any atom is -0.213 e. The highest BCUT2D eigenvalue weighted by Crippen LogP contribution is 2.51. The van der Waals surface area contributed by atoms with E-state index in [-0.39, 0.29) is 0 Å².